The summed E-state index contributed by atoms with van der Waals surface area (Å²) in [4.78, 5) is 19.4. The first kappa shape index (κ1) is 28.3. The van der Waals surface area contributed by atoms with E-state index in [2.05, 4.69) is 21.7 Å². The van der Waals surface area contributed by atoms with Crippen LogP contribution in [0, 0.1) is 0 Å². The summed E-state index contributed by atoms with van der Waals surface area (Å²) in [5, 5.41) is 6.20. The molecule has 4 rings (SSSR count). The van der Waals surface area contributed by atoms with E-state index in [-0.39, 0.29) is 12.8 Å². The van der Waals surface area contributed by atoms with E-state index in [1.807, 2.05) is 50.3 Å². The molecule has 3 heterocycles. The molecular weight excluding hydrogens is 509 g/mol. The number of rotatable bonds is 4. The van der Waals surface area contributed by atoms with Crippen LogP contribution in [0.1, 0.15) is 56.8 Å². The maximum absolute atomic E-state index is 13.3. The van der Waals surface area contributed by atoms with Crippen molar-refractivity contribution in [2.45, 2.75) is 57.8 Å². The molecule has 0 unspecified atom stereocenters. The molecule has 2 aliphatic heterocycles. The van der Waals surface area contributed by atoms with E-state index in [9.17, 15) is 18.0 Å². The number of halogens is 3. The van der Waals surface area contributed by atoms with Gasteiger partial charge in [-0.2, -0.15) is 13.2 Å². The third-order valence-electron chi connectivity index (χ3n) is 6.98. The molecule has 2 atom stereocenters. The molecule has 10 heteroatoms. The first-order valence-electron chi connectivity index (χ1n) is 13.2. The predicted molar refractivity (Wildman–Crippen MR) is 146 cm³/mol. The average Bonchev–Trinajstić information content (AvgIpc) is 2.92. The van der Waals surface area contributed by atoms with Gasteiger partial charge in [0.1, 0.15) is 11.5 Å². The molecule has 0 aliphatic carbocycles. The number of pyridine rings is 1. The van der Waals surface area contributed by atoms with Crippen LogP contribution in [-0.2, 0) is 0 Å². The molecule has 2 N–H and O–H groups in total. The van der Waals surface area contributed by atoms with Gasteiger partial charge in [0.15, 0.2) is 0 Å². The second-order valence-electron chi connectivity index (χ2n) is 9.64. The van der Waals surface area contributed by atoms with Crippen molar-refractivity contribution in [3.05, 3.63) is 53.9 Å². The predicted octanol–water partition coefficient (Wildman–Crippen LogP) is 6.73. The standard InChI is InChI=1S/C29H35F3N4O3/c1-4-36-19(2)24-17-23(26(38-3)18-34-24)21-15-20-9-8-13-33-27(20)25(16-21)39-14-7-5-6-10-22(35-28(36)37)11-12-29(30,31)32/h5-6,8-9,15-19,22,33H,4,7,10-14H2,1-3H3,(H,35,37)/b6-5+/t19-,22-/m1/s1. The van der Waals surface area contributed by atoms with Crippen LogP contribution in [0.5, 0.6) is 11.5 Å². The lowest BCUT2D eigenvalue weighted by Gasteiger charge is -2.30. The number of hydrogen-bond donors (Lipinski definition) is 2. The number of hydrogen-bond acceptors (Lipinski definition) is 5. The second kappa shape index (κ2) is 12.4. The fourth-order valence-corrected chi connectivity index (χ4v) is 4.86. The van der Waals surface area contributed by atoms with Gasteiger partial charge in [-0.25, -0.2) is 4.79 Å². The Morgan fingerprint density at radius 1 is 1.21 bits per heavy atom. The Hall–Kier alpha value is -3.69. The van der Waals surface area contributed by atoms with Gasteiger partial charge in [0.2, 0.25) is 0 Å². The SMILES string of the molecule is CCN1C(=O)N[C@@H](CCC(F)(F)F)C/C=C/CCOc2cc(cc3c2NCC=C3)-c2cc(ncc2OC)[C@H]1C. The maximum atomic E-state index is 13.3. The van der Waals surface area contributed by atoms with E-state index in [0.29, 0.717) is 43.3 Å². The zero-order chi connectivity index (χ0) is 28.0. The van der Waals surface area contributed by atoms with E-state index in [1.165, 1.54) is 0 Å². The summed E-state index contributed by atoms with van der Waals surface area (Å²) < 4.78 is 50.8. The van der Waals surface area contributed by atoms with E-state index in [1.54, 1.807) is 18.2 Å². The molecule has 1 aromatic heterocycles. The summed E-state index contributed by atoms with van der Waals surface area (Å²) in [7, 11) is 1.58. The summed E-state index contributed by atoms with van der Waals surface area (Å²) >= 11 is 0. The Kier molecular flexibility index (Phi) is 9.04. The van der Waals surface area contributed by atoms with Gasteiger partial charge in [0.25, 0.3) is 0 Å². The topological polar surface area (TPSA) is 75.7 Å². The Morgan fingerprint density at radius 2 is 2.03 bits per heavy atom. The van der Waals surface area contributed by atoms with Crippen LogP contribution in [0.2, 0.25) is 0 Å². The number of benzene rings is 1. The smallest absolute Gasteiger partial charge is 0.389 e. The molecule has 2 aromatic rings. The third-order valence-corrected chi connectivity index (χ3v) is 6.98. The van der Waals surface area contributed by atoms with Gasteiger partial charge in [-0.15, -0.1) is 0 Å². The highest BCUT2D eigenvalue weighted by Crippen LogP contribution is 2.40. The van der Waals surface area contributed by atoms with Gasteiger partial charge in [-0.3, -0.25) is 4.98 Å². The zero-order valence-corrected chi connectivity index (χ0v) is 22.5. The van der Waals surface area contributed by atoms with Gasteiger partial charge < -0.3 is 25.0 Å². The van der Waals surface area contributed by atoms with Gasteiger partial charge >= 0.3 is 12.2 Å². The highest BCUT2D eigenvalue weighted by molar-refractivity contribution is 5.83. The van der Waals surface area contributed by atoms with Crippen molar-refractivity contribution in [1.82, 2.24) is 15.2 Å². The quantitative estimate of drug-likeness (QED) is 0.418. The molecular formula is C29H35F3N4O3. The van der Waals surface area contributed by atoms with Crippen LogP contribution < -0.4 is 20.1 Å². The Balaban J connectivity index is 1.75. The number of alkyl halides is 3. The maximum Gasteiger partial charge on any atom is 0.389 e. The van der Waals surface area contributed by atoms with Crippen molar-refractivity contribution < 1.29 is 27.4 Å². The molecule has 0 spiro atoms. The zero-order valence-electron chi connectivity index (χ0n) is 22.5. The minimum absolute atomic E-state index is 0.204. The number of amides is 2. The van der Waals surface area contributed by atoms with Gasteiger partial charge in [-0.1, -0.05) is 24.3 Å². The number of nitrogens with one attached hydrogen (secondary N) is 2. The van der Waals surface area contributed by atoms with E-state index < -0.39 is 30.7 Å². The first-order valence-corrected chi connectivity index (χ1v) is 13.2. The minimum atomic E-state index is -4.30. The third kappa shape index (κ3) is 7.04. The van der Waals surface area contributed by atoms with Crippen LogP contribution in [-0.4, -0.2) is 54.9 Å². The Bertz CT molecular complexity index is 1230. The monoisotopic (exact) mass is 544 g/mol. The molecule has 7 nitrogen and oxygen atoms in total. The number of nitrogens with zero attached hydrogens (tertiary/aromatic N) is 2. The molecule has 4 bridgehead atoms. The molecule has 0 radical (unpaired) electrons. The normalized spacial score (nSPS) is 20.7. The van der Waals surface area contributed by atoms with Crippen LogP contribution in [0.4, 0.5) is 23.7 Å². The highest BCUT2D eigenvalue weighted by atomic mass is 19.4. The number of methoxy groups -OCH3 is 1. The van der Waals surface area contributed by atoms with Gasteiger partial charge in [-0.05, 0) is 56.9 Å². The fourth-order valence-electron chi connectivity index (χ4n) is 4.86. The van der Waals surface area contributed by atoms with Crippen LogP contribution in [0.25, 0.3) is 17.2 Å². The van der Waals surface area contributed by atoms with Crippen molar-refractivity contribution in [3.8, 4) is 22.6 Å². The van der Waals surface area contributed by atoms with Crippen molar-refractivity contribution >= 4 is 17.8 Å². The molecule has 2 aliphatic rings. The number of urea groups is 1. The van der Waals surface area contributed by atoms with Crippen LogP contribution >= 0.6 is 0 Å². The Labute approximate surface area is 227 Å². The number of aromatic nitrogens is 1. The summed E-state index contributed by atoms with van der Waals surface area (Å²) in [6.07, 6.45) is 4.79. The summed E-state index contributed by atoms with van der Waals surface area (Å²) in [5.74, 6) is 1.28. The minimum Gasteiger partial charge on any atom is -0.494 e. The van der Waals surface area contributed by atoms with Crippen molar-refractivity contribution in [2.24, 2.45) is 0 Å². The number of carbonyl (C=O) groups excluding carboxylic acids is 1. The average molecular weight is 545 g/mol. The lowest BCUT2D eigenvalue weighted by atomic mass is 9.98. The van der Waals surface area contributed by atoms with Crippen molar-refractivity contribution in [2.75, 3.05) is 32.1 Å². The van der Waals surface area contributed by atoms with Gasteiger partial charge in [0.05, 0.1) is 37.3 Å². The number of carbonyl (C=O) groups is 1. The lowest BCUT2D eigenvalue weighted by molar-refractivity contribution is -0.136. The summed E-state index contributed by atoms with van der Waals surface area (Å²) in [5.41, 5.74) is 4.20. The van der Waals surface area contributed by atoms with Crippen molar-refractivity contribution in [3.63, 3.8) is 0 Å². The molecule has 1 aromatic carbocycles. The van der Waals surface area contributed by atoms with Crippen molar-refractivity contribution in [1.29, 1.82) is 0 Å². The number of fused-ring (bicyclic) bond motifs is 7. The molecule has 0 fully saturated rings. The largest absolute Gasteiger partial charge is 0.494 e. The molecule has 210 valence electrons. The van der Waals surface area contributed by atoms with E-state index in [4.69, 9.17) is 9.47 Å². The number of ether oxygens (including phenoxy) is 2. The van der Waals surface area contributed by atoms with Gasteiger partial charge in [0, 0.05) is 36.7 Å². The summed E-state index contributed by atoms with van der Waals surface area (Å²) in [6.45, 7) is 5.12. The van der Waals surface area contributed by atoms with Crippen LogP contribution in [0.15, 0.2) is 42.6 Å². The lowest BCUT2D eigenvalue weighted by Crippen LogP contribution is -2.46. The molecule has 39 heavy (non-hydrogen) atoms. The highest BCUT2D eigenvalue weighted by Gasteiger charge is 2.30. The first-order chi connectivity index (χ1) is 18.7. The van der Waals surface area contributed by atoms with E-state index in [0.717, 1.165) is 22.4 Å². The second-order valence-corrected chi connectivity index (χ2v) is 9.64. The molecule has 2 amide bonds. The van der Waals surface area contributed by atoms with E-state index >= 15 is 0 Å². The molecule has 0 saturated heterocycles. The Morgan fingerprint density at radius 3 is 2.77 bits per heavy atom. The number of anilines is 1. The van der Waals surface area contributed by atoms with Crippen LogP contribution in [0.3, 0.4) is 0 Å². The fraction of sp³-hybridized carbons (Fsp3) is 0.448. The molecule has 0 saturated carbocycles. The summed E-state index contributed by atoms with van der Waals surface area (Å²) in [6, 6.07) is 4.39.